The van der Waals surface area contributed by atoms with Crippen molar-refractivity contribution in [3.05, 3.63) is 29.6 Å². The Bertz CT molecular complexity index is 521. The Hall–Kier alpha value is -1.06. The quantitative estimate of drug-likeness (QED) is 0.639. The van der Waals surface area contributed by atoms with Crippen LogP contribution in [0.15, 0.2) is 23.1 Å². The average molecular weight is 307 g/mol. The van der Waals surface area contributed by atoms with Crippen LogP contribution in [-0.4, -0.2) is 47.0 Å². The normalized spacial score (nSPS) is 11.8. The molecular formula is C12H18FNO5S. The second-order valence-corrected chi connectivity index (χ2v) is 5.66. The van der Waals surface area contributed by atoms with Crippen molar-refractivity contribution in [2.75, 3.05) is 33.5 Å². The number of hydrogen-bond acceptors (Lipinski definition) is 5. The van der Waals surface area contributed by atoms with Gasteiger partial charge in [-0.3, -0.25) is 0 Å². The molecule has 0 bridgehead atoms. The van der Waals surface area contributed by atoms with Crippen molar-refractivity contribution < 1.29 is 27.4 Å². The van der Waals surface area contributed by atoms with E-state index in [0.717, 1.165) is 12.1 Å². The largest absolute Gasteiger partial charge is 0.392 e. The van der Waals surface area contributed by atoms with Crippen LogP contribution < -0.4 is 4.72 Å². The first-order valence-corrected chi connectivity index (χ1v) is 7.45. The Morgan fingerprint density at radius 1 is 1.30 bits per heavy atom. The summed E-state index contributed by atoms with van der Waals surface area (Å²) in [5.74, 6) is -0.899. The van der Waals surface area contributed by atoms with E-state index in [1.165, 1.54) is 13.2 Å². The summed E-state index contributed by atoms with van der Waals surface area (Å²) < 4.78 is 49.4. The Kier molecular flexibility index (Phi) is 7.03. The van der Waals surface area contributed by atoms with E-state index in [4.69, 9.17) is 14.6 Å². The van der Waals surface area contributed by atoms with E-state index in [2.05, 4.69) is 4.72 Å². The third-order valence-electron chi connectivity index (χ3n) is 2.44. The predicted molar refractivity (Wildman–Crippen MR) is 70.2 cm³/mol. The Balaban J connectivity index is 2.56. The van der Waals surface area contributed by atoms with Crippen LogP contribution in [0.1, 0.15) is 5.56 Å². The maximum absolute atomic E-state index is 13.6. The molecule has 0 aromatic heterocycles. The molecule has 0 aliphatic rings. The topological polar surface area (TPSA) is 84.9 Å². The predicted octanol–water partition coefficient (Wildman–Crippen LogP) is 0.259. The second kappa shape index (κ2) is 8.28. The molecule has 0 saturated carbocycles. The zero-order valence-corrected chi connectivity index (χ0v) is 12.0. The van der Waals surface area contributed by atoms with E-state index in [0.29, 0.717) is 18.8 Å². The lowest BCUT2D eigenvalue weighted by molar-refractivity contribution is 0.0736. The molecule has 0 fully saturated rings. The summed E-state index contributed by atoms with van der Waals surface area (Å²) in [6.45, 7) is 0.631. The minimum atomic E-state index is -3.93. The van der Waals surface area contributed by atoms with Crippen LogP contribution in [-0.2, 0) is 26.1 Å². The standard InChI is InChI=1S/C12H18FNO5S/c1-18-6-7-19-5-4-14-20(16,17)12-3-2-10(9-15)8-11(12)13/h2-3,8,14-15H,4-7,9H2,1H3. The molecule has 0 atom stereocenters. The Morgan fingerprint density at radius 3 is 2.65 bits per heavy atom. The molecule has 114 valence electrons. The highest BCUT2D eigenvalue weighted by Crippen LogP contribution is 2.15. The summed E-state index contributed by atoms with van der Waals surface area (Å²) in [5, 5.41) is 8.84. The van der Waals surface area contributed by atoms with Crippen LogP contribution in [0, 0.1) is 5.82 Å². The van der Waals surface area contributed by atoms with Gasteiger partial charge in [-0.2, -0.15) is 0 Å². The average Bonchev–Trinajstić information content (AvgIpc) is 2.42. The molecule has 1 aromatic carbocycles. The highest BCUT2D eigenvalue weighted by Gasteiger charge is 2.18. The molecule has 0 unspecified atom stereocenters. The third kappa shape index (κ3) is 5.14. The molecule has 0 aliphatic heterocycles. The number of ether oxygens (including phenoxy) is 2. The summed E-state index contributed by atoms with van der Waals surface area (Å²) in [7, 11) is -2.39. The number of rotatable bonds is 9. The van der Waals surface area contributed by atoms with Crippen molar-refractivity contribution >= 4 is 10.0 Å². The number of sulfonamides is 1. The van der Waals surface area contributed by atoms with Gasteiger partial charge in [0.15, 0.2) is 0 Å². The fraction of sp³-hybridized carbons (Fsp3) is 0.500. The number of methoxy groups -OCH3 is 1. The number of nitrogens with one attached hydrogen (secondary N) is 1. The van der Waals surface area contributed by atoms with E-state index in [-0.39, 0.29) is 19.8 Å². The van der Waals surface area contributed by atoms with Gasteiger partial charge in [0, 0.05) is 13.7 Å². The summed E-state index contributed by atoms with van der Waals surface area (Å²) >= 11 is 0. The molecule has 20 heavy (non-hydrogen) atoms. The van der Waals surface area contributed by atoms with Crippen molar-refractivity contribution in [1.82, 2.24) is 4.72 Å². The molecule has 0 heterocycles. The highest BCUT2D eigenvalue weighted by molar-refractivity contribution is 7.89. The molecule has 2 N–H and O–H groups in total. The molecule has 0 saturated heterocycles. The SMILES string of the molecule is COCCOCCNS(=O)(=O)c1ccc(CO)cc1F. The fourth-order valence-corrected chi connectivity index (χ4v) is 2.50. The maximum Gasteiger partial charge on any atom is 0.243 e. The van der Waals surface area contributed by atoms with Gasteiger partial charge in [-0.1, -0.05) is 6.07 Å². The van der Waals surface area contributed by atoms with E-state index in [1.54, 1.807) is 0 Å². The van der Waals surface area contributed by atoms with Gasteiger partial charge in [0.1, 0.15) is 10.7 Å². The van der Waals surface area contributed by atoms with Gasteiger partial charge in [0.2, 0.25) is 10.0 Å². The minimum Gasteiger partial charge on any atom is -0.392 e. The maximum atomic E-state index is 13.6. The number of benzene rings is 1. The lowest BCUT2D eigenvalue weighted by Gasteiger charge is -2.09. The van der Waals surface area contributed by atoms with Gasteiger partial charge in [-0.15, -0.1) is 0 Å². The molecule has 0 amide bonds. The van der Waals surface area contributed by atoms with Gasteiger partial charge in [0.05, 0.1) is 26.4 Å². The summed E-state index contributed by atoms with van der Waals surface area (Å²) in [4.78, 5) is -0.452. The van der Waals surface area contributed by atoms with Crippen molar-refractivity contribution in [3.8, 4) is 0 Å². The first-order chi connectivity index (χ1) is 9.51. The Morgan fingerprint density at radius 2 is 2.05 bits per heavy atom. The molecule has 0 radical (unpaired) electrons. The lowest BCUT2D eigenvalue weighted by atomic mass is 10.2. The molecule has 6 nitrogen and oxygen atoms in total. The van der Waals surface area contributed by atoms with Crippen LogP contribution in [0.25, 0.3) is 0 Å². The zero-order valence-electron chi connectivity index (χ0n) is 11.1. The number of hydrogen-bond donors (Lipinski definition) is 2. The third-order valence-corrected chi connectivity index (χ3v) is 3.93. The van der Waals surface area contributed by atoms with Crippen LogP contribution in [0.3, 0.4) is 0 Å². The molecule has 1 aromatic rings. The van der Waals surface area contributed by atoms with Crippen molar-refractivity contribution in [3.63, 3.8) is 0 Å². The molecular weight excluding hydrogens is 289 g/mol. The van der Waals surface area contributed by atoms with Gasteiger partial charge in [-0.25, -0.2) is 17.5 Å². The number of aliphatic hydroxyl groups excluding tert-OH is 1. The molecule has 8 heteroatoms. The summed E-state index contributed by atoms with van der Waals surface area (Å²) in [6, 6.07) is 3.46. The van der Waals surface area contributed by atoms with E-state index in [9.17, 15) is 12.8 Å². The number of halogens is 1. The van der Waals surface area contributed by atoms with Crippen LogP contribution in [0.2, 0.25) is 0 Å². The Labute approximate surface area is 117 Å². The summed E-state index contributed by atoms with van der Waals surface area (Å²) in [6.07, 6.45) is 0. The molecule has 0 aliphatic carbocycles. The molecule has 0 spiro atoms. The van der Waals surface area contributed by atoms with Crippen LogP contribution in [0.5, 0.6) is 0 Å². The molecule has 1 rings (SSSR count). The number of aliphatic hydroxyl groups is 1. The van der Waals surface area contributed by atoms with E-state index >= 15 is 0 Å². The first-order valence-electron chi connectivity index (χ1n) is 5.97. The smallest absolute Gasteiger partial charge is 0.243 e. The van der Waals surface area contributed by atoms with Crippen LogP contribution >= 0.6 is 0 Å². The zero-order chi connectivity index (χ0) is 15.0. The summed E-state index contributed by atoms with van der Waals surface area (Å²) in [5.41, 5.74) is 0.310. The fourth-order valence-electron chi connectivity index (χ4n) is 1.43. The van der Waals surface area contributed by atoms with Gasteiger partial charge >= 0.3 is 0 Å². The van der Waals surface area contributed by atoms with Crippen LogP contribution in [0.4, 0.5) is 4.39 Å². The minimum absolute atomic E-state index is 0.0350. The van der Waals surface area contributed by atoms with Crippen molar-refractivity contribution in [1.29, 1.82) is 0 Å². The first kappa shape index (κ1) is 17.0. The van der Waals surface area contributed by atoms with Gasteiger partial charge in [0.25, 0.3) is 0 Å². The highest BCUT2D eigenvalue weighted by atomic mass is 32.2. The monoisotopic (exact) mass is 307 g/mol. The van der Waals surface area contributed by atoms with E-state index < -0.39 is 20.7 Å². The lowest BCUT2D eigenvalue weighted by Crippen LogP contribution is -2.28. The second-order valence-electron chi connectivity index (χ2n) is 3.93. The van der Waals surface area contributed by atoms with Gasteiger partial charge in [-0.05, 0) is 17.7 Å². The van der Waals surface area contributed by atoms with E-state index in [1.807, 2.05) is 0 Å². The van der Waals surface area contributed by atoms with Gasteiger partial charge < -0.3 is 14.6 Å². The van der Waals surface area contributed by atoms with Crippen molar-refractivity contribution in [2.45, 2.75) is 11.5 Å². The van der Waals surface area contributed by atoms with Crippen molar-refractivity contribution in [2.24, 2.45) is 0 Å².